The van der Waals surface area contributed by atoms with Crippen LogP contribution < -0.4 is 11.1 Å². The fourth-order valence-electron chi connectivity index (χ4n) is 1.95. The summed E-state index contributed by atoms with van der Waals surface area (Å²) in [5.41, 5.74) is 7.78. The van der Waals surface area contributed by atoms with Crippen LogP contribution in [0.25, 0.3) is 0 Å². The summed E-state index contributed by atoms with van der Waals surface area (Å²) in [7, 11) is 0. The zero-order chi connectivity index (χ0) is 13.5. The number of aryl methyl sites for hydroxylation is 1. The van der Waals surface area contributed by atoms with Gasteiger partial charge in [0.2, 0.25) is 5.91 Å². The molecule has 0 saturated carbocycles. The number of rotatable bonds is 6. The molecule has 0 aliphatic rings. The Labute approximate surface area is 110 Å². The molecule has 0 saturated heterocycles. The SMILES string of the molecule is CCc1ccc(NC(=O)C(CN)CC(C)C)cc1. The fourth-order valence-corrected chi connectivity index (χ4v) is 1.95. The third kappa shape index (κ3) is 4.49. The molecule has 0 aliphatic carbocycles. The van der Waals surface area contributed by atoms with Crippen molar-refractivity contribution in [2.24, 2.45) is 17.6 Å². The van der Waals surface area contributed by atoms with Gasteiger partial charge in [0.15, 0.2) is 0 Å². The lowest BCUT2D eigenvalue weighted by Gasteiger charge is -2.16. The van der Waals surface area contributed by atoms with Gasteiger partial charge in [-0.05, 0) is 36.5 Å². The van der Waals surface area contributed by atoms with E-state index < -0.39 is 0 Å². The van der Waals surface area contributed by atoms with Gasteiger partial charge in [-0.3, -0.25) is 4.79 Å². The van der Waals surface area contributed by atoms with Gasteiger partial charge in [-0.25, -0.2) is 0 Å². The van der Waals surface area contributed by atoms with Crippen LogP contribution in [0.1, 0.15) is 32.8 Å². The Kier molecular flexibility index (Phi) is 5.86. The largest absolute Gasteiger partial charge is 0.330 e. The van der Waals surface area contributed by atoms with E-state index in [2.05, 4.69) is 26.1 Å². The van der Waals surface area contributed by atoms with Crippen molar-refractivity contribution in [1.82, 2.24) is 0 Å². The molecule has 1 aromatic carbocycles. The van der Waals surface area contributed by atoms with Gasteiger partial charge < -0.3 is 11.1 Å². The van der Waals surface area contributed by atoms with E-state index in [9.17, 15) is 4.79 Å². The Morgan fingerprint density at radius 1 is 1.28 bits per heavy atom. The monoisotopic (exact) mass is 248 g/mol. The quantitative estimate of drug-likeness (QED) is 0.813. The second-order valence-corrected chi connectivity index (χ2v) is 5.10. The predicted octanol–water partition coefficient (Wildman–Crippen LogP) is 2.81. The second-order valence-electron chi connectivity index (χ2n) is 5.10. The van der Waals surface area contributed by atoms with Crippen LogP contribution in [-0.2, 0) is 11.2 Å². The molecule has 0 heterocycles. The molecule has 1 atom stereocenters. The van der Waals surface area contributed by atoms with Crippen LogP contribution in [0.15, 0.2) is 24.3 Å². The molecule has 100 valence electrons. The van der Waals surface area contributed by atoms with Crippen molar-refractivity contribution in [2.75, 3.05) is 11.9 Å². The highest BCUT2D eigenvalue weighted by Gasteiger charge is 2.18. The Morgan fingerprint density at radius 3 is 2.33 bits per heavy atom. The van der Waals surface area contributed by atoms with Crippen LogP contribution in [-0.4, -0.2) is 12.5 Å². The van der Waals surface area contributed by atoms with Crippen molar-refractivity contribution in [3.05, 3.63) is 29.8 Å². The van der Waals surface area contributed by atoms with Gasteiger partial charge in [0.05, 0.1) is 5.92 Å². The van der Waals surface area contributed by atoms with Crippen LogP contribution in [0.2, 0.25) is 0 Å². The first-order valence-corrected chi connectivity index (χ1v) is 6.66. The molecule has 0 aromatic heterocycles. The molecule has 0 bridgehead atoms. The minimum atomic E-state index is -0.101. The molecule has 1 aromatic rings. The van der Waals surface area contributed by atoms with Gasteiger partial charge in [-0.1, -0.05) is 32.9 Å². The summed E-state index contributed by atoms with van der Waals surface area (Å²) in [4.78, 5) is 12.0. The molecule has 1 unspecified atom stereocenters. The first kappa shape index (κ1) is 14.7. The summed E-state index contributed by atoms with van der Waals surface area (Å²) in [5.74, 6) is 0.401. The van der Waals surface area contributed by atoms with E-state index in [1.54, 1.807) is 0 Å². The highest BCUT2D eigenvalue weighted by atomic mass is 16.1. The number of amides is 1. The minimum absolute atomic E-state index is 0.0236. The molecule has 18 heavy (non-hydrogen) atoms. The smallest absolute Gasteiger partial charge is 0.228 e. The number of hydrogen-bond donors (Lipinski definition) is 2. The lowest BCUT2D eigenvalue weighted by molar-refractivity contribution is -0.120. The van der Waals surface area contributed by atoms with E-state index in [-0.39, 0.29) is 11.8 Å². The maximum absolute atomic E-state index is 12.0. The molecule has 0 aliphatic heterocycles. The molecule has 3 nitrogen and oxygen atoms in total. The number of carbonyl (C=O) groups excluding carboxylic acids is 1. The normalized spacial score (nSPS) is 12.5. The maximum Gasteiger partial charge on any atom is 0.228 e. The van der Waals surface area contributed by atoms with Gasteiger partial charge in [-0.2, -0.15) is 0 Å². The van der Waals surface area contributed by atoms with Gasteiger partial charge in [-0.15, -0.1) is 0 Å². The van der Waals surface area contributed by atoms with Gasteiger partial charge >= 0.3 is 0 Å². The van der Waals surface area contributed by atoms with Crippen molar-refractivity contribution < 1.29 is 4.79 Å². The van der Waals surface area contributed by atoms with Crippen LogP contribution in [0.5, 0.6) is 0 Å². The van der Waals surface area contributed by atoms with Crippen molar-refractivity contribution in [2.45, 2.75) is 33.6 Å². The first-order chi connectivity index (χ1) is 8.56. The maximum atomic E-state index is 12.0. The van der Waals surface area contributed by atoms with E-state index in [1.165, 1.54) is 5.56 Å². The molecule has 0 fully saturated rings. The van der Waals surface area contributed by atoms with Crippen LogP contribution in [0.3, 0.4) is 0 Å². The summed E-state index contributed by atoms with van der Waals surface area (Å²) < 4.78 is 0. The lowest BCUT2D eigenvalue weighted by atomic mass is 9.96. The number of nitrogens with two attached hydrogens (primary N) is 1. The lowest BCUT2D eigenvalue weighted by Crippen LogP contribution is -2.30. The molecule has 1 rings (SSSR count). The Balaban J connectivity index is 2.61. The second kappa shape index (κ2) is 7.17. The summed E-state index contributed by atoms with van der Waals surface area (Å²) in [6.07, 6.45) is 1.84. The summed E-state index contributed by atoms with van der Waals surface area (Å²) in [6.45, 7) is 6.72. The van der Waals surface area contributed by atoms with Gasteiger partial charge in [0, 0.05) is 12.2 Å². The average molecular weight is 248 g/mol. The minimum Gasteiger partial charge on any atom is -0.330 e. The standard InChI is InChI=1S/C15H24N2O/c1-4-12-5-7-14(8-6-12)17-15(18)13(10-16)9-11(2)3/h5-8,11,13H,4,9-10,16H2,1-3H3,(H,17,18). The zero-order valence-electron chi connectivity index (χ0n) is 11.6. The topological polar surface area (TPSA) is 55.1 Å². The van der Waals surface area contributed by atoms with Crippen molar-refractivity contribution in [1.29, 1.82) is 0 Å². The Morgan fingerprint density at radius 2 is 1.89 bits per heavy atom. The summed E-state index contributed by atoms with van der Waals surface area (Å²) in [6, 6.07) is 7.96. The highest BCUT2D eigenvalue weighted by Crippen LogP contribution is 2.15. The average Bonchev–Trinajstić information content (AvgIpc) is 2.36. The van der Waals surface area contributed by atoms with E-state index in [4.69, 9.17) is 5.73 Å². The van der Waals surface area contributed by atoms with Crippen LogP contribution >= 0.6 is 0 Å². The highest BCUT2D eigenvalue weighted by molar-refractivity contribution is 5.92. The number of nitrogens with one attached hydrogen (secondary N) is 1. The molecule has 0 radical (unpaired) electrons. The number of benzene rings is 1. The summed E-state index contributed by atoms with van der Waals surface area (Å²) in [5, 5.41) is 2.93. The van der Waals surface area contributed by atoms with Gasteiger partial charge in [0.1, 0.15) is 0 Å². The third-order valence-electron chi connectivity index (χ3n) is 3.04. The van der Waals surface area contributed by atoms with Crippen molar-refractivity contribution >= 4 is 11.6 Å². The number of anilines is 1. The number of hydrogen-bond acceptors (Lipinski definition) is 2. The predicted molar refractivity (Wildman–Crippen MR) is 76.4 cm³/mol. The van der Waals surface area contributed by atoms with Crippen molar-refractivity contribution in [3.63, 3.8) is 0 Å². The van der Waals surface area contributed by atoms with E-state index in [1.807, 2.05) is 24.3 Å². The third-order valence-corrected chi connectivity index (χ3v) is 3.04. The molecular weight excluding hydrogens is 224 g/mol. The first-order valence-electron chi connectivity index (χ1n) is 6.66. The molecule has 0 spiro atoms. The molecule has 3 heteroatoms. The molecule has 3 N–H and O–H groups in total. The fraction of sp³-hybridized carbons (Fsp3) is 0.533. The van der Waals surface area contributed by atoms with E-state index >= 15 is 0 Å². The van der Waals surface area contributed by atoms with E-state index in [0.29, 0.717) is 12.5 Å². The Bertz CT molecular complexity index is 371. The molecule has 1 amide bonds. The zero-order valence-corrected chi connectivity index (χ0v) is 11.6. The van der Waals surface area contributed by atoms with Gasteiger partial charge in [0.25, 0.3) is 0 Å². The van der Waals surface area contributed by atoms with Crippen LogP contribution in [0.4, 0.5) is 5.69 Å². The van der Waals surface area contributed by atoms with Crippen molar-refractivity contribution in [3.8, 4) is 0 Å². The Hall–Kier alpha value is -1.35. The summed E-state index contributed by atoms with van der Waals surface area (Å²) >= 11 is 0. The van der Waals surface area contributed by atoms with E-state index in [0.717, 1.165) is 18.5 Å². The molecular formula is C15H24N2O. The van der Waals surface area contributed by atoms with Crippen LogP contribution in [0, 0.1) is 11.8 Å². The number of carbonyl (C=O) groups is 1.